The average Bonchev–Trinajstić information content (AvgIpc) is 2.48. The van der Waals surface area contributed by atoms with Crippen molar-refractivity contribution in [2.75, 3.05) is 0 Å². The van der Waals surface area contributed by atoms with Crippen LogP contribution in [0.1, 0.15) is 36.8 Å². The number of rotatable bonds is 1. The molecular formula is C12H15NO. The lowest BCUT2D eigenvalue weighted by Crippen LogP contribution is -1.84. The minimum atomic E-state index is 0.350. The van der Waals surface area contributed by atoms with Crippen LogP contribution in [0.3, 0.4) is 0 Å². The van der Waals surface area contributed by atoms with Gasteiger partial charge in [0.15, 0.2) is 11.5 Å². The number of aromatic nitrogens is 1. The molecule has 74 valence electrons. The molecule has 0 aliphatic heterocycles. The quantitative estimate of drug-likeness (QED) is 0.685. The van der Waals surface area contributed by atoms with E-state index < -0.39 is 0 Å². The molecule has 0 saturated heterocycles. The van der Waals surface area contributed by atoms with Crippen LogP contribution in [-0.4, -0.2) is 4.98 Å². The van der Waals surface area contributed by atoms with Crippen molar-refractivity contribution in [1.82, 2.24) is 4.98 Å². The molecule has 2 nitrogen and oxygen atoms in total. The maximum Gasteiger partial charge on any atom is 0.198 e. The Kier molecular flexibility index (Phi) is 2.06. The Morgan fingerprint density at radius 2 is 1.79 bits per heavy atom. The summed E-state index contributed by atoms with van der Waals surface area (Å²) < 4.78 is 5.65. The third kappa shape index (κ3) is 1.41. The van der Waals surface area contributed by atoms with Crippen molar-refractivity contribution < 1.29 is 4.42 Å². The first-order chi connectivity index (χ1) is 6.58. The van der Waals surface area contributed by atoms with Crippen molar-refractivity contribution in [2.24, 2.45) is 0 Å². The number of nitrogens with zero attached hydrogens (tertiary/aromatic N) is 1. The summed E-state index contributed by atoms with van der Waals surface area (Å²) in [7, 11) is 0. The van der Waals surface area contributed by atoms with Crippen LogP contribution in [0.25, 0.3) is 11.1 Å². The van der Waals surface area contributed by atoms with Crippen molar-refractivity contribution in [3.05, 3.63) is 29.2 Å². The van der Waals surface area contributed by atoms with Crippen molar-refractivity contribution in [1.29, 1.82) is 0 Å². The molecule has 0 aliphatic rings. The van der Waals surface area contributed by atoms with Gasteiger partial charge in [0.05, 0.1) is 0 Å². The predicted molar refractivity (Wildman–Crippen MR) is 57.6 cm³/mol. The predicted octanol–water partition coefficient (Wildman–Crippen LogP) is 3.57. The Bertz CT molecular complexity index is 429. The zero-order valence-electron chi connectivity index (χ0n) is 9.09. The van der Waals surface area contributed by atoms with E-state index in [1.807, 2.05) is 0 Å². The fourth-order valence-corrected chi connectivity index (χ4v) is 1.44. The molecule has 0 saturated carbocycles. The Balaban J connectivity index is 2.66. The van der Waals surface area contributed by atoms with Crippen LogP contribution in [-0.2, 0) is 0 Å². The third-order valence-electron chi connectivity index (χ3n) is 2.51. The summed E-state index contributed by atoms with van der Waals surface area (Å²) in [6, 6.07) is 4.14. The molecule has 0 amide bonds. The molecule has 2 aromatic rings. The highest BCUT2D eigenvalue weighted by Gasteiger charge is 2.09. The van der Waals surface area contributed by atoms with E-state index in [2.05, 4.69) is 44.8 Å². The zero-order valence-corrected chi connectivity index (χ0v) is 9.09. The van der Waals surface area contributed by atoms with Crippen molar-refractivity contribution >= 4 is 11.1 Å². The molecule has 0 fully saturated rings. The van der Waals surface area contributed by atoms with Gasteiger partial charge in [-0.15, -0.1) is 0 Å². The smallest absolute Gasteiger partial charge is 0.198 e. The van der Waals surface area contributed by atoms with Gasteiger partial charge in [-0.1, -0.05) is 13.8 Å². The fourth-order valence-electron chi connectivity index (χ4n) is 1.44. The second-order valence-electron chi connectivity index (χ2n) is 4.11. The Morgan fingerprint density at radius 3 is 2.43 bits per heavy atom. The Morgan fingerprint density at radius 1 is 1.14 bits per heavy atom. The maximum atomic E-state index is 5.65. The molecule has 2 rings (SSSR count). The van der Waals surface area contributed by atoms with Gasteiger partial charge in [0, 0.05) is 5.92 Å². The highest BCUT2D eigenvalue weighted by Crippen LogP contribution is 2.23. The first-order valence-corrected chi connectivity index (χ1v) is 4.95. The first kappa shape index (κ1) is 9.25. The summed E-state index contributed by atoms with van der Waals surface area (Å²) in [5, 5.41) is 0. The summed E-state index contributed by atoms with van der Waals surface area (Å²) in [5.41, 5.74) is 4.39. The number of fused-ring (bicyclic) bond motifs is 1. The molecule has 0 spiro atoms. The molecule has 0 radical (unpaired) electrons. The minimum Gasteiger partial charge on any atom is -0.440 e. The Labute approximate surface area is 84.0 Å². The van der Waals surface area contributed by atoms with Crippen LogP contribution in [0.2, 0.25) is 0 Å². The molecule has 0 bridgehead atoms. The summed E-state index contributed by atoms with van der Waals surface area (Å²) in [4.78, 5) is 4.45. The lowest BCUT2D eigenvalue weighted by Gasteiger charge is -1.96. The van der Waals surface area contributed by atoms with E-state index in [9.17, 15) is 0 Å². The van der Waals surface area contributed by atoms with Crippen molar-refractivity contribution in [2.45, 2.75) is 33.6 Å². The molecule has 0 N–H and O–H groups in total. The number of hydrogen-bond acceptors (Lipinski definition) is 2. The van der Waals surface area contributed by atoms with Gasteiger partial charge in [0.2, 0.25) is 0 Å². The number of aryl methyl sites for hydroxylation is 2. The summed E-state index contributed by atoms with van der Waals surface area (Å²) in [6.07, 6.45) is 0. The molecule has 1 aromatic carbocycles. The van der Waals surface area contributed by atoms with Crippen LogP contribution >= 0.6 is 0 Å². The highest BCUT2D eigenvalue weighted by molar-refractivity contribution is 5.74. The second kappa shape index (κ2) is 3.12. The minimum absolute atomic E-state index is 0.350. The Hall–Kier alpha value is -1.31. The molecule has 1 heterocycles. The van der Waals surface area contributed by atoms with Crippen LogP contribution in [0.15, 0.2) is 16.5 Å². The third-order valence-corrected chi connectivity index (χ3v) is 2.51. The molecule has 2 heteroatoms. The SMILES string of the molecule is Cc1cc2nc(C(C)C)oc2cc1C. The monoisotopic (exact) mass is 189 g/mol. The zero-order chi connectivity index (χ0) is 10.3. The van der Waals surface area contributed by atoms with Crippen LogP contribution in [0, 0.1) is 13.8 Å². The van der Waals surface area contributed by atoms with Crippen molar-refractivity contribution in [3.63, 3.8) is 0 Å². The van der Waals surface area contributed by atoms with E-state index in [1.54, 1.807) is 0 Å². The maximum absolute atomic E-state index is 5.65. The summed E-state index contributed by atoms with van der Waals surface area (Å²) in [6.45, 7) is 8.36. The van der Waals surface area contributed by atoms with Gasteiger partial charge >= 0.3 is 0 Å². The van der Waals surface area contributed by atoms with E-state index in [0.717, 1.165) is 17.0 Å². The number of oxazole rings is 1. The molecule has 14 heavy (non-hydrogen) atoms. The van der Waals surface area contributed by atoms with Gasteiger partial charge in [-0.05, 0) is 37.1 Å². The average molecular weight is 189 g/mol. The van der Waals surface area contributed by atoms with E-state index in [4.69, 9.17) is 4.42 Å². The molecule has 0 atom stereocenters. The molecule has 1 aromatic heterocycles. The largest absolute Gasteiger partial charge is 0.440 e. The van der Waals surface area contributed by atoms with Gasteiger partial charge in [-0.25, -0.2) is 4.98 Å². The molecular weight excluding hydrogens is 174 g/mol. The lowest BCUT2D eigenvalue weighted by molar-refractivity contribution is 0.501. The summed E-state index contributed by atoms with van der Waals surface area (Å²) in [5.74, 6) is 1.17. The molecule has 0 aliphatic carbocycles. The van der Waals surface area contributed by atoms with E-state index in [-0.39, 0.29) is 0 Å². The van der Waals surface area contributed by atoms with Crippen LogP contribution in [0.4, 0.5) is 0 Å². The van der Waals surface area contributed by atoms with Crippen molar-refractivity contribution in [3.8, 4) is 0 Å². The first-order valence-electron chi connectivity index (χ1n) is 4.95. The van der Waals surface area contributed by atoms with Crippen LogP contribution in [0.5, 0.6) is 0 Å². The van der Waals surface area contributed by atoms with E-state index in [1.165, 1.54) is 11.1 Å². The van der Waals surface area contributed by atoms with Crippen LogP contribution < -0.4 is 0 Å². The highest BCUT2D eigenvalue weighted by atomic mass is 16.3. The normalized spacial score (nSPS) is 11.5. The number of hydrogen-bond donors (Lipinski definition) is 0. The molecule has 0 unspecified atom stereocenters. The van der Waals surface area contributed by atoms with E-state index in [0.29, 0.717) is 5.92 Å². The van der Waals surface area contributed by atoms with Gasteiger partial charge in [-0.2, -0.15) is 0 Å². The topological polar surface area (TPSA) is 26.0 Å². The lowest BCUT2D eigenvalue weighted by atomic mass is 10.1. The fraction of sp³-hybridized carbons (Fsp3) is 0.417. The number of benzene rings is 1. The second-order valence-corrected chi connectivity index (χ2v) is 4.11. The van der Waals surface area contributed by atoms with Gasteiger partial charge in [0.25, 0.3) is 0 Å². The van der Waals surface area contributed by atoms with E-state index >= 15 is 0 Å². The standard InChI is InChI=1S/C12H15NO/c1-7(2)12-13-10-5-8(3)9(4)6-11(10)14-12/h5-7H,1-4H3. The summed E-state index contributed by atoms with van der Waals surface area (Å²) >= 11 is 0. The van der Waals surface area contributed by atoms with Gasteiger partial charge < -0.3 is 4.42 Å². The van der Waals surface area contributed by atoms with Gasteiger partial charge in [0.1, 0.15) is 5.52 Å². The van der Waals surface area contributed by atoms with Gasteiger partial charge in [-0.3, -0.25) is 0 Å².